The van der Waals surface area contributed by atoms with Crippen LogP contribution < -0.4 is 10.0 Å². The predicted molar refractivity (Wildman–Crippen MR) is 122 cm³/mol. The molecule has 0 saturated heterocycles. The van der Waals surface area contributed by atoms with E-state index in [4.69, 9.17) is 0 Å². The fraction of sp³-hybridized carbons (Fsp3) is 0.636. The molecule has 170 valence electrons. The maximum absolute atomic E-state index is 12.8. The van der Waals surface area contributed by atoms with Crippen molar-refractivity contribution >= 4 is 27.5 Å². The molecule has 0 bridgehead atoms. The predicted octanol–water partition coefficient (Wildman–Crippen LogP) is 3.77. The molecular formula is C22H37N3O4S. The SMILES string of the molecule is CC(C)N(C(=O)c1cccc(NC(=O)CCCCNS(=O)(=O)C(C)(C)C)c1)C(C)C. The van der Waals surface area contributed by atoms with Crippen LogP contribution in [0.4, 0.5) is 5.69 Å². The van der Waals surface area contributed by atoms with E-state index in [-0.39, 0.29) is 30.3 Å². The van der Waals surface area contributed by atoms with Crippen LogP contribution in [0.1, 0.15) is 78.1 Å². The van der Waals surface area contributed by atoms with Crippen molar-refractivity contribution in [2.75, 3.05) is 11.9 Å². The summed E-state index contributed by atoms with van der Waals surface area (Å²) < 4.78 is 25.7. The summed E-state index contributed by atoms with van der Waals surface area (Å²) in [5.41, 5.74) is 1.11. The zero-order valence-electron chi connectivity index (χ0n) is 19.3. The van der Waals surface area contributed by atoms with E-state index >= 15 is 0 Å². The first kappa shape index (κ1) is 26.1. The van der Waals surface area contributed by atoms with Crippen LogP contribution in [-0.4, -0.2) is 48.5 Å². The molecule has 0 aliphatic carbocycles. The van der Waals surface area contributed by atoms with Crippen molar-refractivity contribution in [2.24, 2.45) is 0 Å². The Balaban J connectivity index is 2.57. The number of anilines is 1. The van der Waals surface area contributed by atoms with Gasteiger partial charge in [-0.2, -0.15) is 0 Å². The van der Waals surface area contributed by atoms with Crippen LogP contribution in [0.5, 0.6) is 0 Å². The number of carbonyl (C=O) groups is 2. The lowest BCUT2D eigenvalue weighted by Crippen LogP contribution is -2.42. The Morgan fingerprint density at radius 1 is 1.03 bits per heavy atom. The van der Waals surface area contributed by atoms with E-state index in [1.807, 2.05) is 27.7 Å². The van der Waals surface area contributed by atoms with Crippen LogP contribution in [0.3, 0.4) is 0 Å². The second-order valence-corrected chi connectivity index (χ2v) is 11.5. The Kier molecular flexibility index (Phi) is 9.49. The van der Waals surface area contributed by atoms with E-state index in [9.17, 15) is 18.0 Å². The number of amides is 2. The Morgan fingerprint density at radius 2 is 1.63 bits per heavy atom. The van der Waals surface area contributed by atoms with Gasteiger partial charge >= 0.3 is 0 Å². The summed E-state index contributed by atoms with van der Waals surface area (Å²) >= 11 is 0. The van der Waals surface area contributed by atoms with Gasteiger partial charge in [-0.05, 0) is 79.5 Å². The number of unbranched alkanes of at least 4 members (excludes halogenated alkanes) is 1. The summed E-state index contributed by atoms with van der Waals surface area (Å²) in [6, 6.07) is 7.09. The highest BCUT2D eigenvalue weighted by atomic mass is 32.2. The van der Waals surface area contributed by atoms with Crippen LogP contribution >= 0.6 is 0 Å². The number of hydrogen-bond acceptors (Lipinski definition) is 4. The van der Waals surface area contributed by atoms with Gasteiger partial charge in [-0.25, -0.2) is 13.1 Å². The summed E-state index contributed by atoms with van der Waals surface area (Å²) in [6.07, 6.45) is 1.41. The van der Waals surface area contributed by atoms with Gasteiger partial charge in [0, 0.05) is 36.3 Å². The lowest BCUT2D eigenvalue weighted by Gasteiger charge is -2.31. The smallest absolute Gasteiger partial charge is 0.254 e. The van der Waals surface area contributed by atoms with Crippen molar-refractivity contribution in [1.82, 2.24) is 9.62 Å². The monoisotopic (exact) mass is 439 g/mol. The van der Waals surface area contributed by atoms with Crippen molar-refractivity contribution in [1.29, 1.82) is 0 Å². The topological polar surface area (TPSA) is 95.6 Å². The number of benzene rings is 1. The number of carbonyl (C=O) groups excluding carboxylic acids is 2. The van der Waals surface area contributed by atoms with Crippen molar-refractivity contribution in [2.45, 2.75) is 84.6 Å². The molecule has 0 atom stereocenters. The molecule has 1 rings (SSSR count). The van der Waals surface area contributed by atoms with Gasteiger partial charge < -0.3 is 10.2 Å². The molecule has 0 aliphatic rings. The summed E-state index contributed by atoms with van der Waals surface area (Å²) in [5.74, 6) is -0.231. The Labute approximate surface area is 181 Å². The minimum atomic E-state index is -3.37. The minimum absolute atomic E-state index is 0.0674. The number of nitrogens with zero attached hydrogens (tertiary/aromatic N) is 1. The lowest BCUT2D eigenvalue weighted by atomic mass is 10.1. The van der Waals surface area contributed by atoms with Gasteiger partial charge in [0.15, 0.2) is 0 Å². The minimum Gasteiger partial charge on any atom is -0.334 e. The zero-order chi connectivity index (χ0) is 23.1. The fourth-order valence-corrected chi connectivity index (χ4v) is 3.85. The highest BCUT2D eigenvalue weighted by Gasteiger charge is 2.28. The second kappa shape index (κ2) is 10.9. The molecule has 0 aromatic heterocycles. The van der Waals surface area contributed by atoms with Crippen molar-refractivity contribution < 1.29 is 18.0 Å². The van der Waals surface area contributed by atoms with Crippen molar-refractivity contribution in [3.8, 4) is 0 Å². The van der Waals surface area contributed by atoms with Gasteiger partial charge in [-0.1, -0.05) is 6.07 Å². The fourth-order valence-electron chi connectivity index (χ4n) is 3.00. The third-order valence-corrected chi connectivity index (χ3v) is 6.87. The molecule has 8 heteroatoms. The highest BCUT2D eigenvalue weighted by molar-refractivity contribution is 7.90. The number of nitrogens with one attached hydrogen (secondary N) is 2. The molecule has 2 amide bonds. The van der Waals surface area contributed by atoms with Crippen LogP contribution in [0, 0.1) is 0 Å². The molecule has 0 fully saturated rings. The Bertz CT molecular complexity index is 819. The molecular weight excluding hydrogens is 402 g/mol. The molecule has 2 N–H and O–H groups in total. The molecule has 0 spiro atoms. The quantitative estimate of drug-likeness (QED) is 0.543. The molecule has 0 saturated carbocycles. The molecule has 1 aromatic rings. The molecule has 1 aromatic carbocycles. The molecule has 0 radical (unpaired) electrons. The first-order valence-corrected chi connectivity index (χ1v) is 12.0. The summed E-state index contributed by atoms with van der Waals surface area (Å²) in [6.45, 7) is 13.1. The standard InChI is InChI=1S/C22H37N3O4S/c1-16(2)25(17(3)4)21(27)18-11-10-12-19(15-18)24-20(26)13-8-9-14-23-30(28,29)22(5,6)7/h10-12,15-17,23H,8-9,13-14H2,1-7H3,(H,24,26). The van der Waals surface area contributed by atoms with Crippen LogP contribution in [-0.2, 0) is 14.8 Å². The van der Waals surface area contributed by atoms with E-state index in [0.717, 1.165) is 0 Å². The van der Waals surface area contributed by atoms with Gasteiger partial charge in [0.1, 0.15) is 0 Å². The third-order valence-electron chi connectivity index (χ3n) is 4.67. The highest BCUT2D eigenvalue weighted by Crippen LogP contribution is 2.17. The normalized spacial score (nSPS) is 12.3. The van der Waals surface area contributed by atoms with Crippen LogP contribution in [0.15, 0.2) is 24.3 Å². The van der Waals surface area contributed by atoms with Crippen molar-refractivity contribution in [3.63, 3.8) is 0 Å². The summed E-state index contributed by atoms with van der Waals surface area (Å²) in [5, 5.41) is 2.82. The molecule has 30 heavy (non-hydrogen) atoms. The number of rotatable bonds is 10. The van der Waals surface area contributed by atoms with E-state index in [0.29, 0.717) is 30.6 Å². The van der Waals surface area contributed by atoms with Crippen LogP contribution in [0.2, 0.25) is 0 Å². The van der Waals surface area contributed by atoms with E-state index in [1.54, 1.807) is 49.9 Å². The third kappa shape index (κ3) is 7.72. The summed E-state index contributed by atoms with van der Waals surface area (Å²) in [4.78, 5) is 26.8. The average molecular weight is 440 g/mol. The first-order chi connectivity index (χ1) is 13.8. The van der Waals surface area contributed by atoms with Gasteiger partial charge in [-0.3, -0.25) is 9.59 Å². The largest absolute Gasteiger partial charge is 0.334 e. The van der Waals surface area contributed by atoms with E-state index in [2.05, 4.69) is 10.0 Å². The summed E-state index contributed by atoms with van der Waals surface area (Å²) in [7, 11) is -3.37. The second-order valence-electron chi connectivity index (χ2n) is 9.00. The molecule has 0 unspecified atom stereocenters. The van der Waals surface area contributed by atoms with E-state index < -0.39 is 14.8 Å². The number of hydrogen-bond donors (Lipinski definition) is 2. The number of sulfonamides is 1. The molecule has 0 heterocycles. The van der Waals surface area contributed by atoms with Gasteiger partial charge in [0.25, 0.3) is 5.91 Å². The Morgan fingerprint density at radius 3 is 2.17 bits per heavy atom. The molecule has 0 aliphatic heterocycles. The van der Waals surface area contributed by atoms with Crippen molar-refractivity contribution in [3.05, 3.63) is 29.8 Å². The zero-order valence-corrected chi connectivity index (χ0v) is 20.1. The van der Waals surface area contributed by atoms with Crippen LogP contribution in [0.25, 0.3) is 0 Å². The van der Waals surface area contributed by atoms with Gasteiger partial charge in [0.05, 0.1) is 4.75 Å². The average Bonchev–Trinajstić information content (AvgIpc) is 2.59. The Hall–Kier alpha value is -1.93. The first-order valence-electron chi connectivity index (χ1n) is 10.5. The molecule has 7 nitrogen and oxygen atoms in total. The van der Waals surface area contributed by atoms with Gasteiger partial charge in [0.2, 0.25) is 15.9 Å². The maximum atomic E-state index is 12.8. The maximum Gasteiger partial charge on any atom is 0.254 e. The van der Waals surface area contributed by atoms with Gasteiger partial charge in [-0.15, -0.1) is 0 Å². The lowest BCUT2D eigenvalue weighted by molar-refractivity contribution is -0.116. The van der Waals surface area contributed by atoms with E-state index in [1.165, 1.54) is 0 Å².